The van der Waals surface area contributed by atoms with Gasteiger partial charge in [-0.1, -0.05) is 12.1 Å². The molecule has 0 aliphatic carbocycles. The van der Waals surface area contributed by atoms with Gasteiger partial charge in [0.2, 0.25) is 0 Å². The van der Waals surface area contributed by atoms with Crippen LogP contribution in [-0.4, -0.2) is 47.5 Å². The number of hydrogen-bond donors (Lipinski definition) is 2. The van der Waals surface area contributed by atoms with Gasteiger partial charge in [-0.15, -0.1) is 0 Å². The second-order valence-electron chi connectivity index (χ2n) is 6.16. The van der Waals surface area contributed by atoms with E-state index in [0.717, 1.165) is 4.68 Å². The molecule has 0 unspecified atom stereocenters. The highest BCUT2D eigenvalue weighted by Gasteiger charge is 2.12. The van der Waals surface area contributed by atoms with Crippen LogP contribution in [0.2, 0.25) is 0 Å². The Morgan fingerprint density at radius 3 is 2.59 bits per heavy atom. The molecule has 9 heteroatoms. The number of nitrogens with one attached hydrogen (secondary N) is 2. The average Bonchev–Trinajstić information content (AvgIpc) is 2.63. The largest absolute Gasteiger partial charge is 0.454 e. The third-order valence-corrected chi connectivity index (χ3v) is 3.63. The number of rotatable bonds is 9. The average molecular weight is 377 g/mol. The standard InChI is InChI=1S/C18H23N3O6/c1-12(2)26-9-5-8-19-15(22)11-27-16(23)10-21-18(25)14-7-4-3-6-13(14)17(24)20-21/h3-4,6-7,12H,5,8-11H2,1-2H3,(H,19,22)(H,20,24). The van der Waals surface area contributed by atoms with Crippen LogP contribution in [0.5, 0.6) is 0 Å². The second-order valence-corrected chi connectivity index (χ2v) is 6.16. The Hall–Kier alpha value is -2.94. The summed E-state index contributed by atoms with van der Waals surface area (Å²) in [6, 6.07) is 6.30. The van der Waals surface area contributed by atoms with Gasteiger partial charge in [0.15, 0.2) is 6.61 Å². The number of amides is 1. The van der Waals surface area contributed by atoms with Gasteiger partial charge in [0.25, 0.3) is 17.0 Å². The smallest absolute Gasteiger partial charge is 0.328 e. The number of aromatic nitrogens is 2. The van der Waals surface area contributed by atoms with Crippen molar-refractivity contribution in [2.45, 2.75) is 32.9 Å². The molecule has 2 N–H and O–H groups in total. The van der Waals surface area contributed by atoms with Crippen LogP contribution < -0.4 is 16.4 Å². The third kappa shape index (κ3) is 6.07. The first-order chi connectivity index (χ1) is 12.9. The Morgan fingerprint density at radius 2 is 1.89 bits per heavy atom. The van der Waals surface area contributed by atoms with Crippen LogP contribution in [-0.2, 0) is 25.6 Å². The number of fused-ring (bicyclic) bond motifs is 1. The molecule has 0 saturated carbocycles. The van der Waals surface area contributed by atoms with Gasteiger partial charge in [-0.05, 0) is 32.4 Å². The minimum absolute atomic E-state index is 0.131. The van der Waals surface area contributed by atoms with Gasteiger partial charge in [0.1, 0.15) is 6.54 Å². The molecule has 0 atom stereocenters. The van der Waals surface area contributed by atoms with Gasteiger partial charge in [-0.2, -0.15) is 0 Å². The van der Waals surface area contributed by atoms with E-state index in [4.69, 9.17) is 9.47 Å². The SMILES string of the molecule is CC(C)OCCCNC(=O)COC(=O)Cn1[nH]c(=O)c2ccccc2c1=O. The summed E-state index contributed by atoms with van der Waals surface area (Å²) in [6.07, 6.45) is 0.776. The highest BCUT2D eigenvalue weighted by molar-refractivity contribution is 5.81. The summed E-state index contributed by atoms with van der Waals surface area (Å²) >= 11 is 0. The van der Waals surface area contributed by atoms with Crippen LogP contribution >= 0.6 is 0 Å². The van der Waals surface area contributed by atoms with Crippen LogP contribution in [0.15, 0.2) is 33.9 Å². The van der Waals surface area contributed by atoms with E-state index < -0.39 is 36.1 Å². The molecule has 0 aliphatic heterocycles. The van der Waals surface area contributed by atoms with Crippen molar-refractivity contribution in [3.63, 3.8) is 0 Å². The van der Waals surface area contributed by atoms with E-state index in [1.165, 1.54) is 12.1 Å². The quantitative estimate of drug-likeness (QED) is 0.475. The lowest BCUT2D eigenvalue weighted by atomic mass is 10.2. The maximum absolute atomic E-state index is 12.3. The van der Waals surface area contributed by atoms with Crippen molar-refractivity contribution < 1.29 is 19.1 Å². The van der Waals surface area contributed by atoms with Crippen molar-refractivity contribution in [1.82, 2.24) is 15.1 Å². The van der Waals surface area contributed by atoms with Gasteiger partial charge in [-0.25, -0.2) is 4.68 Å². The zero-order valence-electron chi connectivity index (χ0n) is 15.3. The molecule has 0 spiro atoms. The molecule has 0 bridgehead atoms. The lowest BCUT2D eigenvalue weighted by Crippen LogP contribution is -2.34. The predicted octanol–water partition coefficient (Wildman–Crippen LogP) is 0.164. The summed E-state index contributed by atoms with van der Waals surface area (Å²) in [5, 5.41) is 5.37. The number of aromatic amines is 1. The Bertz CT molecular complexity index is 915. The first kappa shape index (κ1) is 20.4. The minimum atomic E-state index is -0.804. The Morgan fingerprint density at radius 1 is 1.19 bits per heavy atom. The molecule has 27 heavy (non-hydrogen) atoms. The van der Waals surface area contributed by atoms with Gasteiger partial charge in [-0.3, -0.25) is 24.3 Å². The van der Waals surface area contributed by atoms with E-state index in [1.54, 1.807) is 12.1 Å². The minimum Gasteiger partial charge on any atom is -0.454 e. The second kappa shape index (κ2) is 9.67. The molecule has 1 aromatic carbocycles. The highest BCUT2D eigenvalue weighted by Crippen LogP contribution is 2.02. The van der Waals surface area contributed by atoms with Crippen molar-refractivity contribution in [3.8, 4) is 0 Å². The molecule has 2 rings (SSSR count). The van der Waals surface area contributed by atoms with E-state index in [2.05, 4.69) is 10.4 Å². The van der Waals surface area contributed by atoms with E-state index >= 15 is 0 Å². The summed E-state index contributed by atoms with van der Waals surface area (Å²) in [5.74, 6) is -1.26. The normalized spacial score (nSPS) is 10.9. The number of carbonyl (C=O) groups excluding carboxylic acids is 2. The van der Waals surface area contributed by atoms with Crippen molar-refractivity contribution in [2.24, 2.45) is 0 Å². The summed E-state index contributed by atoms with van der Waals surface area (Å²) in [5.41, 5.74) is -1.00. The fourth-order valence-corrected chi connectivity index (χ4v) is 2.35. The monoisotopic (exact) mass is 377 g/mol. The van der Waals surface area contributed by atoms with Crippen LogP contribution in [0.25, 0.3) is 10.8 Å². The molecule has 1 aromatic heterocycles. The third-order valence-electron chi connectivity index (χ3n) is 3.63. The maximum Gasteiger partial charge on any atom is 0.328 e. The van der Waals surface area contributed by atoms with E-state index in [9.17, 15) is 19.2 Å². The molecule has 0 fully saturated rings. The summed E-state index contributed by atoms with van der Waals surface area (Å²) in [4.78, 5) is 47.8. The van der Waals surface area contributed by atoms with Crippen molar-refractivity contribution in [1.29, 1.82) is 0 Å². The zero-order valence-corrected chi connectivity index (χ0v) is 15.3. The number of esters is 1. The summed E-state index contributed by atoms with van der Waals surface area (Å²) in [7, 11) is 0. The number of benzene rings is 1. The molecule has 0 saturated heterocycles. The number of hydrogen-bond acceptors (Lipinski definition) is 6. The molecule has 0 aliphatic rings. The molecule has 1 heterocycles. The zero-order chi connectivity index (χ0) is 19.8. The Kier molecular flexibility index (Phi) is 7.30. The van der Waals surface area contributed by atoms with Gasteiger partial charge < -0.3 is 14.8 Å². The fourth-order valence-electron chi connectivity index (χ4n) is 2.35. The van der Waals surface area contributed by atoms with Crippen molar-refractivity contribution in [2.75, 3.05) is 19.8 Å². The molecule has 9 nitrogen and oxygen atoms in total. The lowest BCUT2D eigenvalue weighted by Gasteiger charge is -2.09. The molecule has 2 aromatic rings. The molecule has 0 radical (unpaired) electrons. The van der Waals surface area contributed by atoms with Crippen LogP contribution in [0.3, 0.4) is 0 Å². The van der Waals surface area contributed by atoms with Gasteiger partial charge in [0, 0.05) is 13.2 Å². The first-order valence-corrected chi connectivity index (χ1v) is 8.64. The van der Waals surface area contributed by atoms with E-state index in [-0.39, 0.29) is 16.9 Å². The van der Waals surface area contributed by atoms with Crippen LogP contribution in [0.1, 0.15) is 20.3 Å². The number of ether oxygens (including phenoxy) is 2. The summed E-state index contributed by atoms with van der Waals surface area (Å²) in [6.45, 7) is 3.82. The fraction of sp³-hybridized carbons (Fsp3) is 0.444. The van der Waals surface area contributed by atoms with E-state index in [1.807, 2.05) is 13.8 Å². The van der Waals surface area contributed by atoms with E-state index in [0.29, 0.717) is 19.6 Å². The predicted molar refractivity (Wildman–Crippen MR) is 98.5 cm³/mol. The molecular weight excluding hydrogens is 354 g/mol. The Labute approximate surface area is 155 Å². The van der Waals surface area contributed by atoms with Crippen molar-refractivity contribution >= 4 is 22.6 Å². The Balaban J connectivity index is 1.83. The number of H-pyrrole nitrogens is 1. The first-order valence-electron chi connectivity index (χ1n) is 8.64. The van der Waals surface area contributed by atoms with Crippen LogP contribution in [0.4, 0.5) is 0 Å². The molecular formula is C18H23N3O6. The topological polar surface area (TPSA) is 119 Å². The highest BCUT2D eigenvalue weighted by atomic mass is 16.5. The molecule has 1 amide bonds. The van der Waals surface area contributed by atoms with Gasteiger partial charge in [0.05, 0.1) is 16.9 Å². The summed E-state index contributed by atoms with van der Waals surface area (Å²) < 4.78 is 11.1. The van der Waals surface area contributed by atoms with Crippen molar-refractivity contribution in [3.05, 3.63) is 45.0 Å². The van der Waals surface area contributed by atoms with Gasteiger partial charge >= 0.3 is 5.97 Å². The lowest BCUT2D eigenvalue weighted by molar-refractivity contribution is -0.149. The number of nitrogens with zero attached hydrogens (tertiary/aromatic N) is 1. The van der Waals surface area contributed by atoms with Crippen LogP contribution in [0, 0.1) is 0 Å². The number of carbonyl (C=O) groups is 2. The molecule has 146 valence electrons. The maximum atomic E-state index is 12.3.